The van der Waals surface area contributed by atoms with E-state index < -0.39 is 0 Å². The number of carbonyl (C=O) groups is 1. The van der Waals surface area contributed by atoms with Crippen LogP contribution in [-0.4, -0.2) is 30.1 Å². The third-order valence-electron chi connectivity index (χ3n) is 2.00. The number of hydrogen-bond acceptors (Lipinski definition) is 3. The topological polar surface area (TPSA) is 51.2 Å². The Morgan fingerprint density at radius 1 is 1.47 bits per heavy atom. The second-order valence-corrected chi connectivity index (χ2v) is 3.97. The average molecular weight is 247 g/mol. The monoisotopic (exact) mass is 246 g/mol. The molecule has 1 aromatic rings. The van der Waals surface area contributed by atoms with Gasteiger partial charge >= 0.3 is 0 Å². The van der Waals surface area contributed by atoms with E-state index in [0.717, 1.165) is 0 Å². The van der Waals surface area contributed by atoms with Crippen molar-refractivity contribution in [3.8, 4) is 0 Å². The number of carbonyl (C=O) groups excluding carboxylic acids is 1. The summed E-state index contributed by atoms with van der Waals surface area (Å²) >= 11 is 11.5. The fraction of sp³-hybridized carbons (Fsp3) is 0.333. The Kier molecular flexibility index (Phi) is 3.09. The molecule has 1 N–H and O–H groups in total. The smallest absolute Gasteiger partial charge is 0.271 e. The predicted molar refractivity (Wildman–Crippen MR) is 56.3 cm³/mol. The third-order valence-corrected chi connectivity index (χ3v) is 2.52. The molecule has 1 aromatic heterocycles. The summed E-state index contributed by atoms with van der Waals surface area (Å²) in [5.41, 5.74) is 0.149. The van der Waals surface area contributed by atoms with Crippen LogP contribution in [0.1, 0.15) is 10.5 Å². The maximum Gasteiger partial charge on any atom is 0.271 e. The van der Waals surface area contributed by atoms with Gasteiger partial charge < -0.3 is 10.1 Å². The molecule has 0 bridgehead atoms. The highest BCUT2D eigenvalue weighted by molar-refractivity contribution is 6.34. The van der Waals surface area contributed by atoms with Crippen LogP contribution in [0, 0.1) is 0 Å². The summed E-state index contributed by atoms with van der Waals surface area (Å²) in [5, 5.41) is 3.27. The van der Waals surface area contributed by atoms with E-state index in [2.05, 4.69) is 10.3 Å². The Hall–Kier alpha value is -0.840. The first-order valence-corrected chi connectivity index (χ1v) is 5.13. The standard InChI is InChI=1S/C9H8Cl2N2O2/c10-6-1-2-7(11)13-8(6)9(14)12-5-3-15-4-5/h1-2,5H,3-4H2,(H,12,14). The van der Waals surface area contributed by atoms with Gasteiger partial charge in [-0.25, -0.2) is 4.98 Å². The first-order chi connectivity index (χ1) is 7.16. The largest absolute Gasteiger partial charge is 0.377 e. The predicted octanol–water partition coefficient (Wildman–Crippen LogP) is 1.52. The highest BCUT2D eigenvalue weighted by atomic mass is 35.5. The lowest BCUT2D eigenvalue weighted by Crippen LogP contribution is -2.48. The number of ether oxygens (including phenoxy) is 1. The van der Waals surface area contributed by atoms with Crippen molar-refractivity contribution in [2.24, 2.45) is 0 Å². The number of nitrogens with zero attached hydrogens (tertiary/aromatic N) is 1. The van der Waals surface area contributed by atoms with Crippen molar-refractivity contribution in [3.05, 3.63) is 28.0 Å². The number of nitrogens with one attached hydrogen (secondary N) is 1. The van der Waals surface area contributed by atoms with E-state index >= 15 is 0 Å². The van der Waals surface area contributed by atoms with Gasteiger partial charge in [-0.1, -0.05) is 23.2 Å². The van der Waals surface area contributed by atoms with E-state index in [0.29, 0.717) is 13.2 Å². The van der Waals surface area contributed by atoms with Gasteiger partial charge in [-0.2, -0.15) is 0 Å². The number of hydrogen-bond donors (Lipinski definition) is 1. The molecule has 4 nitrogen and oxygen atoms in total. The molecule has 0 radical (unpaired) electrons. The molecule has 1 saturated heterocycles. The number of pyridine rings is 1. The lowest BCUT2D eigenvalue weighted by Gasteiger charge is -2.26. The fourth-order valence-electron chi connectivity index (χ4n) is 1.15. The van der Waals surface area contributed by atoms with E-state index in [1.807, 2.05) is 0 Å². The molecule has 0 atom stereocenters. The number of halogens is 2. The Bertz CT molecular complexity index is 394. The lowest BCUT2D eigenvalue weighted by molar-refractivity contribution is -0.00354. The Balaban J connectivity index is 2.12. The average Bonchev–Trinajstić information content (AvgIpc) is 2.15. The zero-order valence-corrected chi connectivity index (χ0v) is 9.18. The van der Waals surface area contributed by atoms with Gasteiger partial charge in [-0.05, 0) is 12.1 Å². The van der Waals surface area contributed by atoms with Crippen LogP contribution in [0.3, 0.4) is 0 Å². The molecule has 0 aliphatic carbocycles. The maximum absolute atomic E-state index is 11.6. The molecule has 6 heteroatoms. The molecule has 2 rings (SSSR count). The normalized spacial score (nSPS) is 15.9. The summed E-state index contributed by atoms with van der Waals surface area (Å²) < 4.78 is 4.93. The SMILES string of the molecule is O=C(NC1COC1)c1nc(Cl)ccc1Cl. The zero-order chi connectivity index (χ0) is 10.8. The molecule has 1 fully saturated rings. The first-order valence-electron chi connectivity index (χ1n) is 4.37. The molecule has 0 spiro atoms. The minimum atomic E-state index is -0.323. The van der Waals surface area contributed by atoms with Crippen molar-refractivity contribution in [3.63, 3.8) is 0 Å². The first kappa shape index (κ1) is 10.7. The van der Waals surface area contributed by atoms with Crippen LogP contribution in [0.25, 0.3) is 0 Å². The summed E-state index contributed by atoms with van der Waals surface area (Å²) in [6, 6.07) is 3.13. The molecule has 2 heterocycles. The molecule has 0 aromatic carbocycles. The second-order valence-electron chi connectivity index (χ2n) is 3.17. The van der Waals surface area contributed by atoms with Gasteiger partial charge in [0.05, 0.1) is 24.3 Å². The summed E-state index contributed by atoms with van der Waals surface area (Å²) in [6.45, 7) is 1.06. The minimum Gasteiger partial charge on any atom is -0.377 e. The molecular formula is C9H8Cl2N2O2. The van der Waals surface area contributed by atoms with E-state index in [1.165, 1.54) is 6.07 Å². The highest BCUT2D eigenvalue weighted by Crippen LogP contribution is 2.17. The van der Waals surface area contributed by atoms with Gasteiger partial charge in [0, 0.05) is 0 Å². The van der Waals surface area contributed by atoms with Crippen LogP contribution in [0.2, 0.25) is 10.2 Å². The van der Waals surface area contributed by atoms with Gasteiger partial charge in [-0.3, -0.25) is 4.79 Å². The van der Waals surface area contributed by atoms with Crippen molar-refractivity contribution in [1.29, 1.82) is 0 Å². The van der Waals surface area contributed by atoms with Crippen LogP contribution < -0.4 is 5.32 Å². The number of aromatic nitrogens is 1. The second kappa shape index (κ2) is 4.35. The molecule has 0 unspecified atom stereocenters. The van der Waals surface area contributed by atoms with Gasteiger partial charge in [0.2, 0.25) is 0 Å². The quantitative estimate of drug-likeness (QED) is 0.806. The van der Waals surface area contributed by atoms with E-state index in [-0.39, 0.29) is 27.8 Å². The van der Waals surface area contributed by atoms with E-state index in [1.54, 1.807) is 6.07 Å². The Morgan fingerprint density at radius 2 is 2.20 bits per heavy atom. The molecular weight excluding hydrogens is 239 g/mol. The van der Waals surface area contributed by atoms with Gasteiger partial charge in [-0.15, -0.1) is 0 Å². The maximum atomic E-state index is 11.6. The third kappa shape index (κ3) is 2.40. The van der Waals surface area contributed by atoms with Crippen LogP contribution in [0.15, 0.2) is 12.1 Å². The van der Waals surface area contributed by atoms with Crippen molar-refractivity contribution in [1.82, 2.24) is 10.3 Å². The van der Waals surface area contributed by atoms with Gasteiger partial charge in [0.15, 0.2) is 0 Å². The van der Waals surface area contributed by atoms with Crippen LogP contribution in [0.4, 0.5) is 0 Å². The van der Waals surface area contributed by atoms with Crippen LogP contribution in [0.5, 0.6) is 0 Å². The zero-order valence-electron chi connectivity index (χ0n) is 7.67. The highest BCUT2D eigenvalue weighted by Gasteiger charge is 2.22. The Labute approximate surface area is 96.5 Å². The molecule has 1 aliphatic rings. The van der Waals surface area contributed by atoms with Crippen molar-refractivity contribution in [2.75, 3.05) is 13.2 Å². The fourth-order valence-corrected chi connectivity index (χ4v) is 1.49. The van der Waals surface area contributed by atoms with E-state index in [9.17, 15) is 4.79 Å². The van der Waals surface area contributed by atoms with Crippen molar-refractivity contribution in [2.45, 2.75) is 6.04 Å². The molecule has 0 saturated carbocycles. The summed E-state index contributed by atoms with van der Waals surface area (Å²) in [7, 11) is 0. The molecule has 1 aliphatic heterocycles. The summed E-state index contributed by atoms with van der Waals surface area (Å²) in [4.78, 5) is 15.5. The van der Waals surface area contributed by atoms with Crippen molar-refractivity contribution >= 4 is 29.1 Å². The Morgan fingerprint density at radius 3 is 2.80 bits per heavy atom. The minimum absolute atomic E-state index is 0.0503. The van der Waals surface area contributed by atoms with Crippen LogP contribution in [-0.2, 0) is 4.74 Å². The van der Waals surface area contributed by atoms with Crippen LogP contribution >= 0.6 is 23.2 Å². The van der Waals surface area contributed by atoms with Crippen molar-refractivity contribution < 1.29 is 9.53 Å². The van der Waals surface area contributed by atoms with E-state index in [4.69, 9.17) is 27.9 Å². The summed E-state index contributed by atoms with van der Waals surface area (Å²) in [5.74, 6) is -0.323. The lowest BCUT2D eigenvalue weighted by atomic mass is 10.2. The van der Waals surface area contributed by atoms with Gasteiger partial charge in [0.1, 0.15) is 10.8 Å². The number of amides is 1. The number of rotatable bonds is 2. The van der Waals surface area contributed by atoms with Gasteiger partial charge in [0.25, 0.3) is 5.91 Å². The summed E-state index contributed by atoms with van der Waals surface area (Å²) in [6.07, 6.45) is 0. The molecule has 80 valence electrons. The molecule has 15 heavy (non-hydrogen) atoms. The molecule has 1 amide bonds.